The number of sulfonamides is 1. The van der Waals surface area contributed by atoms with Gasteiger partial charge in [0.25, 0.3) is 0 Å². The summed E-state index contributed by atoms with van der Waals surface area (Å²) in [6.45, 7) is 3.85. The van der Waals surface area contributed by atoms with E-state index < -0.39 is 10.0 Å². The van der Waals surface area contributed by atoms with Gasteiger partial charge in [0.15, 0.2) is 0 Å². The summed E-state index contributed by atoms with van der Waals surface area (Å²) in [5, 5.41) is 3.93. The van der Waals surface area contributed by atoms with Crippen LogP contribution in [-0.4, -0.2) is 37.3 Å². The number of nitrogens with one attached hydrogen (secondary N) is 1. The van der Waals surface area contributed by atoms with Gasteiger partial charge in [0.2, 0.25) is 10.0 Å². The van der Waals surface area contributed by atoms with Crippen LogP contribution in [0.3, 0.4) is 0 Å². The van der Waals surface area contributed by atoms with Crippen LogP contribution < -0.4 is 9.62 Å². The maximum Gasteiger partial charge on any atom is 0.243 e. The molecule has 0 unspecified atom stereocenters. The van der Waals surface area contributed by atoms with Crippen molar-refractivity contribution in [1.29, 1.82) is 0 Å². The zero-order valence-electron chi connectivity index (χ0n) is 14.1. The van der Waals surface area contributed by atoms with E-state index in [4.69, 9.17) is 0 Å². The highest BCUT2D eigenvalue weighted by Gasteiger charge is 2.25. The van der Waals surface area contributed by atoms with Crippen molar-refractivity contribution in [3.8, 4) is 0 Å². The number of aromatic nitrogens is 2. The molecule has 1 saturated heterocycles. The molecule has 0 spiro atoms. The molecule has 6 nitrogen and oxygen atoms in total. The number of anilines is 1. The predicted octanol–water partition coefficient (Wildman–Crippen LogP) is 1.93. The Bertz CT molecular complexity index is 775. The van der Waals surface area contributed by atoms with Gasteiger partial charge in [-0.15, -0.1) is 0 Å². The van der Waals surface area contributed by atoms with Gasteiger partial charge >= 0.3 is 0 Å². The van der Waals surface area contributed by atoms with E-state index in [0.717, 1.165) is 32.4 Å². The lowest BCUT2D eigenvalue weighted by Crippen LogP contribution is -2.44. The molecular formula is C17H24N4O2S. The summed E-state index contributed by atoms with van der Waals surface area (Å²) in [6.07, 6.45) is 5.54. The summed E-state index contributed by atoms with van der Waals surface area (Å²) in [6, 6.07) is 8.60. The average molecular weight is 348 g/mol. The average Bonchev–Trinajstić information content (AvgIpc) is 3.03. The lowest BCUT2D eigenvalue weighted by Gasteiger charge is -2.33. The minimum atomic E-state index is -3.48. The first-order valence-electron chi connectivity index (χ1n) is 8.33. The molecule has 0 bridgehead atoms. The number of benzene rings is 1. The fraction of sp³-hybridized carbons (Fsp3) is 0.471. The largest absolute Gasteiger partial charge is 0.371 e. The van der Waals surface area contributed by atoms with Gasteiger partial charge in [-0.2, -0.15) is 5.10 Å². The van der Waals surface area contributed by atoms with Gasteiger partial charge in [-0.3, -0.25) is 4.68 Å². The predicted molar refractivity (Wildman–Crippen MR) is 94.6 cm³/mol. The summed E-state index contributed by atoms with van der Waals surface area (Å²) in [4.78, 5) is 2.54. The molecule has 24 heavy (non-hydrogen) atoms. The Hall–Kier alpha value is -1.86. The fourth-order valence-electron chi connectivity index (χ4n) is 3.02. The standard InChI is InChI=1S/C17H24N4O2S/c1-3-14-4-6-16(7-5-14)21-10-8-15(9-11-21)19-24(22,23)17-12-18-20(2)13-17/h4-7,12-13,15,19H,3,8-11H2,1-2H3. The van der Waals surface area contributed by atoms with Crippen molar-refractivity contribution in [3.63, 3.8) is 0 Å². The molecule has 0 radical (unpaired) electrons. The molecule has 3 rings (SSSR count). The third-order valence-electron chi connectivity index (χ3n) is 4.52. The Morgan fingerprint density at radius 2 is 1.88 bits per heavy atom. The van der Waals surface area contributed by atoms with E-state index in [1.165, 1.54) is 28.3 Å². The number of nitrogens with zero attached hydrogens (tertiary/aromatic N) is 3. The second kappa shape index (κ2) is 6.94. The molecule has 1 aromatic carbocycles. The molecule has 1 fully saturated rings. The molecule has 130 valence electrons. The molecule has 0 saturated carbocycles. The van der Waals surface area contributed by atoms with Crippen LogP contribution in [0.1, 0.15) is 25.3 Å². The van der Waals surface area contributed by atoms with Crippen molar-refractivity contribution in [2.75, 3.05) is 18.0 Å². The summed E-state index contributed by atoms with van der Waals surface area (Å²) >= 11 is 0. The number of aryl methyl sites for hydroxylation is 2. The number of hydrogen-bond donors (Lipinski definition) is 1. The van der Waals surface area contributed by atoms with Crippen molar-refractivity contribution in [1.82, 2.24) is 14.5 Å². The molecule has 2 aromatic rings. The quantitative estimate of drug-likeness (QED) is 0.897. The van der Waals surface area contributed by atoms with Crippen molar-refractivity contribution < 1.29 is 8.42 Å². The highest BCUT2D eigenvalue weighted by Crippen LogP contribution is 2.21. The summed E-state index contributed by atoms with van der Waals surface area (Å²) < 4.78 is 29.0. The third kappa shape index (κ3) is 3.79. The van der Waals surface area contributed by atoms with Crippen LogP contribution >= 0.6 is 0 Å². The maximum atomic E-state index is 12.4. The molecule has 0 amide bonds. The van der Waals surface area contributed by atoms with Crippen LogP contribution in [0.25, 0.3) is 0 Å². The van der Waals surface area contributed by atoms with Crippen LogP contribution in [0.5, 0.6) is 0 Å². The molecular weight excluding hydrogens is 324 g/mol. The Morgan fingerprint density at radius 1 is 1.21 bits per heavy atom. The zero-order valence-corrected chi connectivity index (χ0v) is 15.0. The van der Waals surface area contributed by atoms with E-state index in [1.807, 2.05) is 0 Å². The van der Waals surface area contributed by atoms with Gasteiger partial charge in [-0.1, -0.05) is 19.1 Å². The zero-order chi connectivity index (χ0) is 17.2. The SMILES string of the molecule is CCc1ccc(N2CCC(NS(=O)(=O)c3cnn(C)c3)CC2)cc1. The lowest BCUT2D eigenvalue weighted by atomic mass is 10.0. The molecule has 1 aliphatic rings. The lowest BCUT2D eigenvalue weighted by molar-refractivity contribution is 0.460. The van der Waals surface area contributed by atoms with Crippen LogP contribution in [0.2, 0.25) is 0 Å². The molecule has 1 aliphatic heterocycles. The van der Waals surface area contributed by atoms with Crippen molar-refractivity contribution >= 4 is 15.7 Å². The van der Waals surface area contributed by atoms with Crippen LogP contribution in [-0.2, 0) is 23.5 Å². The van der Waals surface area contributed by atoms with Gasteiger partial charge in [0.1, 0.15) is 4.90 Å². The molecule has 2 heterocycles. The number of hydrogen-bond acceptors (Lipinski definition) is 4. The monoisotopic (exact) mass is 348 g/mol. The van der Waals surface area contributed by atoms with E-state index in [2.05, 4.69) is 45.9 Å². The normalized spacial score (nSPS) is 16.5. The highest BCUT2D eigenvalue weighted by atomic mass is 32.2. The molecule has 1 aromatic heterocycles. The Labute approximate surface area is 143 Å². The van der Waals surface area contributed by atoms with E-state index in [1.54, 1.807) is 7.05 Å². The first-order valence-corrected chi connectivity index (χ1v) is 9.81. The Morgan fingerprint density at radius 3 is 2.42 bits per heavy atom. The van der Waals surface area contributed by atoms with E-state index >= 15 is 0 Å². The number of rotatable bonds is 5. The van der Waals surface area contributed by atoms with E-state index in [9.17, 15) is 8.42 Å². The van der Waals surface area contributed by atoms with E-state index in [0.29, 0.717) is 0 Å². The van der Waals surface area contributed by atoms with Gasteiger partial charge in [-0.05, 0) is 37.0 Å². The first kappa shape index (κ1) is 17.0. The second-order valence-corrected chi connectivity index (χ2v) is 7.97. The smallest absolute Gasteiger partial charge is 0.243 e. The minimum absolute atomic E-state index is 0.0265. The van der Waals surface area contributed by atoms with Crippen LogP contribution in [0.4, 0.5) is 5.69 Å². The van der Waals surface area contributed by atoms with Crippen LogP contribution in [0, 0.1) is 0 Å². The summed E-state index contributed by atoms with van der Waals surface area (Å²) in [5.74, 6) is 0. The van der Waals surface area contributed by atoms with Crippen molar-refractivity contribution in [3.05, 3.63) is 42.2 Å². The van der Waals surface area contributed by atoms with Gasteiger partial charge < -0.3 is 4.90 Å². The Kier molecular flexibility index (Phi) is 4.91. The van der Waals surface area contributed by atoms with Gasteiger partial charge in [-0.25, -0.2) is 13.1 Å². The van der Waals surface area contributed by atoms with E-state index in [-0.39, 0.29) is 10.9 Å². The number of piperidine rings is 1. The topological polar surface area (TPSA) is 67.2 Å². The van der Waals surface area contributed by atoms with Gasteiger partial charge in [0, 0.05) is 38.1 Å². The van der Waals surface area contributed by atoms with Crippen LogP contribution in [0.15, 0.2) is 41.6 Å². The summed E-state index contributed by atoms with van der Waals surface area (Å²) in [5.41, 5.74) is 2.54. The van der Waals surface area contributed by atoms with Gasteiger partial charge in [0.05, 0.1) is 6.20 Å². The van der Waals surface area contributed by atoms with Crippen molar-refractivity contribution in [2.45, 2.75) is 37.1 Å². The molecule has 1 N–H and O–H groups in total. The van der Waals surface area contributed by atoms with Crippen molar-refractivity contribution in [2.24, 2.45) is 7.05 Å². The molecule has 0 atom stereocenters. The maximum absolute atomic E-state index is 12.4. The first-order chi connectivity index (χ1) is 11.5. The Balaban J connectivity index is 1.58. The molecule has 7 heteroatoms. The fourth-order valence-corrected chi connectivity index (χ4v) is 4.31. The summed E-state index contributed by atoms with van der Waals surface area (Å²) in [7, 11) is -1.77. The minimum Gasteiger partial charge on any atom is -0.371 e. The highest BCUT2D eigenvalue weighted by molar-refractivity contribution is 7.89. The molecule has 0 aliphatic carbocycles. The second-order valence-electron chi connectivity index (χ2n) is 6.25. The third-order valence-corrected chi connectivity index (χ3v) is 5.99.